The zero-order chi connectivity index (χ0) is 15.5. The highest BCUT2D eigenvalue weighted by atomic mass is 15.2. The minimum absolute atomic E-state index is 0.513. The summed E-state index contributed by atoms with van der Waals surface area (Å²) in [4.78, 5) is 4.43. The van der Waals surface area contributed by atoms with Crippen molar-refractivity contribution >= 4 is 16.7 Å². The summed E-state index contributed by atoms with van der Waals surface area (Å²) in [6.07, 6.45) is 1.78. The molecule has 0 saturated carbocycles. The van der Waals surface area contributed by atoms with Gasteiger partial charge in [0, 0.05) is 18.1 Å². The summed E-state index contributed by atoms with van der Waals surface area (Å²) in [5, 5.41) is 21.8. The molecule has 0 aliphatic carbocycles. The van der Waals surface area contributed by atoms with Crippen LogP contribution in [0, 0.1) is 25.2 Å². The van der Waals surface area contributed by atoms with E-state index in [1.165, 1.54) is 0 Å². The predicted octanol–water partition coefficient (Wildman–Crippen LogP) is 3.13. The number of aryl methyl sites for hydroxylation is 1. The SMILES string of the molecule is Cc1nnc(NCc2cccc3cccnc23)c(C#N)c1C. The number of aromatic nitrogens is 3. The molecule has 0 radical (unpaired) electrons. The third-order valence-electron chi connectivity index (χ3n) is 3.73. The molecule has 0 amide bonds. The van der Waals surface area contributed by atoms with E-state index in [-0.39, 0.29) is 0 Å². The van der Waals surface area contributed by atoms with Gasteiger partial charge in [-0.25, -0.2) is 0 Å². The molecular formula is C17H15N5. The largest absolute Gasteiger partial charge is 0.363 e. The summed E-state index contributed by atoms with van der Waals surface area (Å²) in [7, 11) is 0. The fourth-order valence-electron chi connectivity index (χ4n) is 2.36. The monoisotopic (exact) mass is 289 g/mol. The van der Waals surface area contributed by atoms with Gasteiger partial charge in [0.1, 0.15) is 11.6 Å². The summed E-state index contributed by atoms with van der Waals surface area (Å²) in [5.74, 6) is 0.513. The maximum absolute atomic E-state index is 9.32. The Hall–Kier alpha value is -3.00. The zero-order valence-corrected chi connectivity index (χ0v) is 12.5. The Morgan fingerprint density at radius 1 is 1.14 bits per heavy atom. The molecule has 0 bridgehead atoms. The molecule has 1 N–H and O–H groups in total. The van der Waals surface area contributed by atoms with Gasteiger partial charge in [0.2, 0.25) is 0 Å². The Bertz CT molecular complexity index is 875. The number of hydrogen-bond donors (Lipinski definition) is 1. The van der Waals surface area contributed by atoms with Crippen molar-refractivity contribution in [2.75, 3.05) is 5.32 Å². The van der Waals surface area contributed by atoms with Crippen molar-refractivity contribution in [3.63, 3.8) is 0 Å². The van der Waals surface area contributed by atoms with Crippen LogP contribution in [0.25, 0.3) is 10.9 Å². The average molecular weight is 289 g/mol. The Morgan fingerprint density at radius 3 is 2.77 bits per heavy atom. The van der Waals surface area contributed by atoms with Crippen LogP contribution in [0.1, 0.15) is 22.4 Å². The van der Waals surface area contributed by atoms with Crippen LogP contribution in [0.3, 0.4) is 0 Å². The fourth-order valence-corrected chi connectivity index (χ4v) is 2.36. The molecule has 0 spiro atoms. The first-order valence-corrected chi connectivity index (χ1v) is 7.01. The molecule has 22 heavy (non-hydrogen) atoms. The van der Waals surface area contributed by atoms with Crippen molar-refractivity contribution in [3.8, 4) is 6.07 Å². The van der Waals surface area contributed by atoms with E-state index >= 15 is 0 Å². The molecule has 0 saturated heterocycles. The van der Waals surface area contributed by atoms with Crippen LogP contribution in [-0.4, -0.2) is 15.2 Å². The number of fused-ring (bicyclic) bond motifs is 1. The van der Waals surface area contributed by atoms with Crippen molar-refractivity contribution in [1.29, 1.82) is 5.26 Å². The number of rotatable bonds is 3. The molecule has 2 aromatic heterocycles. The first-order chi connectivity index (χ1) is 10.7. The molecule has 0 atom stereocenters. The third-order valence-corrected chi connectivity index (χ3v) is 3.73. The van der Waals surface area contributed by atoms with Gasteiger partial charge in [0.05, 0.1) is 11.2 Å². The van der Waals surface area contributed by atoms with Gasteiger partial charge in [-0.15, -0.1) is 5.10 Å². The second-order valence-corrected chi connectivity index (χ2v) is 5.09. The molecule has 5 nitrogen and oxygen atoms in total. The number of nitrogens with one attached hydrogen (secondary N) is 1. The number of pyridine rings is 1. The fraction of sp³-hybridized carbons (Fsp3) is 0.176. The van der Waals surface area contributed by atoms with Gasteiger partial charge in [0.25, 0.3) is 0 Å². The number of para-hydroxylation sites is 1. The molecule has 0 unspecified atom stereocenters. The summed E-state index contributed by atoms with van der Waals surface area (Å²) in [5.41, 5.74) is 4.18. The molecule has 5 heteroatoms. The van der Waals surface area contributed by atoms with Gasteiger partial charge in [-0.3, -0.25) is 4.98 Å². The maximum atomic E-state index is 9.32. The minimum atomic E-state index is 0.513. The predicted molar refractivity (Wildman–Crippen MR) is 85.3 cm³/mol. The molecule has 3 rings (SSSR count). The minimum Gasteiger partial charge on any atom is -0.363 e. The van der Waals surface area contributed by atoms with E-state index in [2.05, 4.69) is 26.6 Å². The summed E-state index contributed by atoms with van der Waals surface area (Å²) in [6.45, 7) is 4.27. The number of nitriles is 1. The van der Waals surface area contributed by atoms with Crippen molar-refractivity contribution in [2.45, 2.75) is 20.4 Å². The number of benzene rings is 1. The highest BCUT2D eigenvalue weighted by molar-refractivity contribution is 5.81. The van der Waals surface area contributed by atoms with Crippen LogP contribution < -0.4 is 5.32 Å². The quantitative estimate of drug-likeness (QED) is 0.801. The standard InChI is InChI=1S/C17H15N5/c1-11-12(2)21-22-17(15(11)9-18)20-10-14-6-3-5-13-7-4-8-19-16(13)14/h3-8H,10H2,1-2H3,(H,20,22). The van der Waals surface area contributed by atoms with E-state index in [4.69, 9.17) is 0 Å². The second-order valence-electron chi connectivity index (χ2n) is 5.09. The summed E-state index contributed by atoms with van der Waals surface area (Å²) >= 11 is 0. The normalized spacial score (nSPS) is 10.4. The first-order valence-electron chi connectivity index (χ1n) is 7.01. The highest BCUT2D eigenvalue weighted by Crippen LogP contribution is 2.20. The van der Waals surface area contributed by atoms with Crippen molar-refractivity contribution in [1.82, 2.24) is 15.2 Å². The topological polar surface area (TPSA) is 74.5 Å². The Balaban J connectivity index is 1.93. The lowest BCUT2D eigenvalue weighted by atomic mass is 10.1. The van der Waals surface area contributed by atoms with Gasteiger partial charge >= 0.3 is 0 Å². The highest BCUT2D eigenvalue weighted by Gasteiger charge is 2.11. The van der Waals surface area contributed by atoms with E-state index in [9.17, 15) is 5.26 Å². The lowest BCUT2D eigenvalue weighted by Gasteiger charge is -2.10. The molecule has 2 heterocycles. The van der Waals surface area contributed by atoms with E-state index in [0.717, 1.165) is 27.7 Å². The van der Waals surface area contributed by atoms with Gasteiger partial charge in [-0.2, -0.15) is 10.4 Å². The number of nitrogens with zero attached hydrogens (tertiary/aromatic N) is 4. The van der Waals surface area contributed by atoms with Crippen molar-refractivity contribution in [3.05, 3.63) is 58.9 Å². The van der Waals surface area contributed by atoms with Crippen LogP contribution in [0.2, 0.25) is 0 Å². The zero-order valence-electron chi connectivity index (χ0n) is 12.5. The summed E-state index contributed by atoms with van der Waals surface area (Å²) in [6, 6.07) is 12.2. The number of hydrogen-bond acceptors (Lipinski definition) is 5. The molecule has 1 aromatic carbocycles. The van der Waals surface area contributed by atoms with E-state index in [0.29, 0.717) is 17.9 Å². The lowest BCUT2D eigenvalue weighted by Crippen LogP contribution is -2.08. The van der Waals surface area contributed by atoms with Gasteiger partial charge < -0.3 is 5.32 Å². The van der Waals surface area contributed by atoms with Crippen LogP contribution >= 0.6 is 0 Å². The molecule has 0 aliphatic heterocycles. The van der Waals surface area contributed by atoms with Crippen LogP contribution in [-0.2, 0) is 6.54 Å². The molecular weight excluding hydrogens is 274 g/mol. The maximum Gasteiger partial charge on any atom is 0.167 e. The lowest BCUT2D eigenvalue weighted by molar-refractivity contribution is 0.941. The van der Waals surface area contributed by atoms with Gasteiger partial charge in [0.15, 0.2) is 5.82 Å². The molecule has 3 aromatic rings. The van der Waals surface area contributed by atoms with E-state index in [1.807, 2.05) is 44.2 Å². The smallest absolute Gasteiger partial charge is 0.167 e. The Labute approximate surface area is 128 Å². The Kier molecular flexibility index (Phi) is 3.67. The third kappa shape index (κ3) is 2.47. The van der Waals surface area contributed by atoms with Crippen molar-refractivity contribution in [2.24, 2.45) is 0 Å². The van der Waals surface area contributed by atoms with Crippen LogP contribution in [0.4, 0.5) is 5.82 Å². The molecule has 108 valence electrons. The van der Waals surface area contributed by atoms with Gasteiger partial charge in [-0.1, -0.05) is 24.3 Å². The number of anilines is 1. The second kappa shape index (κ2) is 5.78. The van der Waals surface area contributed by atoms with Crippen molar-refractivity contribution < 1.29 is 0 Å². The van der Waals surface area contributed by atoms with E-state index < -0.39 is 0 Å². The summed E-state index contributed by atoms with van der Waals surface area (Å²) < 4.78 is 0. The molecule has 0 aliphatic rings. The molecule has 0 fully saturated rings. The van der Waals surface area contributed by atoms with Gasteiger partial charge in [-0.05, 0) is 31.0 Å². The van der Waals surface area contributed by atoms with Crippen LogP contribution in [0.15, 0.2) is 36.5 Å². The average Bonchev–Trinajstić information content (AvgIpc) is 2.56. The van der Waals surface area contributed by atoms with E-state index in [1.54, 1.807) is 6.20 Å². The Morgan fingerprint density at radius 2 is 1.95 bits per heavy atom. The first kappa shape index (κ1) is 14.0. The van der Waals surface area contributed by atoms with Crippen LogP contribution in [0.5, 0.6) is 0 Å².